The summed E-state index contributed by atoms with van der Waals surface area (Å²) in [5.74, 6) is 2.75. The Hall–Kier alpha value is -2.28. The first kappa shape index (κ1) is 39.0. The molecule has 4 aliphatic heterocycles. The number of piperazine rings is 1. The zero-order valence-corrected chi connectivity index (χ0v) is 34.2. The van der Waals surface area contributed by atoms with Gasteiger partial charge in [0.15, 0.2) is 0 Å². The molecular weight excluding hydrogens is 728 g/mol. The molecule has 0 spiro atoms. The van der Waals surface area contributed by atoms with Crippen molar-refractivity contribution in [2.45, 2.75) is 75.7 Å². The molecule has 53 heavy (non-hydrogen) atoms. The summed E-state index contributed by atoms with van der Waals surface area (Å²) in [6.07, 6.45) is 9.40. The fourth-order valence-electron chi connectivity index (χ4n) is 9.29. The number of rotatable bonds is 6. The fourth-order valence-corrected chi connectivity index (χ4v) is 11.9. The molecule has 12 heteroatoms. The van der Waals surface area contributed by atoms with Crippen LogP contribution in [0.3, 0.4) is 0 Å². The van der Waals surface area contributed by atoms with Crippen LogP contribution in [0.15, 0.2) is 48.6 Å². The van der Waals surface area contributed by atoms with Gasteiger partial charge in [-0.25, -0.2) is 4.21 Å². The van der Waals surface area contributed by atoms with E-state index in [0.717, 1.165) is 106 Å². The third kappa shape index (κ3) is 8.46. The van der Waals surface area contributed by atoms with E-state index in [4.69, 9.17) is 21.1 Å². The summed E-state index contributed by atoms with van der Waals surface area (Å²) in [5, 5.41) is 0.500. The maximum absolute atomic E-state index is 13.6. The summed E-state index contributed by atoms with van der Waals surface area (Å²) in [7, 11) is -0.448. The molecule has 9 atom stereocenters. The highest BCUT2D eigenvalue weighted by molar-refractivity contribution is 7.85. The number of ether oxygens (including phenoxy) is 2. The van der Waals surface area contributed by atoms with E-state index in [0.29, 0.717) is 24.1 Å². The zero-order chi connectivity index (χ0) is 37.3. The Labute approximate surface area is 326 Å². The van der Waals surface area contributed by atoms with Gasteiger partial charge in [-0.2, -0.15) is 0 Å². The van der Waals surface area contributed by atoms with Crippen LogP contribution in [0, 0.1) is 17.8 Å². The number of hydrogen-bond acceptors (Lipinski definition) is 8. The van der Waals surface area contributed by atoms with E-state index in [-0.39, 0.29) is 28.9 Å². The van der Waals surface area contributed by atoms with Crippen molar-refractivity contribution in [2.24, 2.45) is 17.8 Å². The molecule has 4 heterocycles. The largest absolute Gasteiger partial charge is 0.491 e. The Morgan fingerprint density at radius 2 is 1.91 bits per heavy atom. The smallest absolute Gasteiger partial charge is 0.263 e. The van der Waals surface area contributed by atoms with E-state index < -0.39 is 27.4 Å². The van der Waals surface area contributed by atoms with Gasteiger partial charge in [0.1, 0.15) is 22.3 Å². The average Bonchev–Trinajstić information content (AvgIpc) is 3.31. The Morgan fingerprint density at radius 3 is 2.68 bits per heavy atom. The van der Waals surface area contributed by atoms with Gasteiger partial charge in [-0.15, -0.1) is 0 Å². The van der Waals surface area contributed by atoms with Gasteiger partial charge in [-0.3, -0.25) is 23.5 Å². The van der Waals surface area contributed by atoms with Crippen molar-refractivity contribution in [3.63, 3.8) is 0 Å². The summed E-state index contributed by atoms with van der Waals surface area (Å²) in [6.45, 7) is 12.9. The SMILES string of the molecule is CCCc1cc(Cl)ccc1C1COc2ccc3cc2N(C1)CC1CCC1C(CN1CCN2CCS(=O)CC2C1)(OC)/C=C/CC(C)C(C)S(=O)NC3=O. The summed E-state index contributed by atoms with van der Waals surface area (Å²) in [6, 6.07) is 12.2. The number of nitrogens with one attached hydrogen (secondary N) is 1. The lowest BCUT2D eigenvalue weighted by Gasteiger charge is -2.53. The van der Waals surface area contributed by atoms with Gasteiger partial charge in [0.2, 0.25) is 0 Å². The first-order valence-corrected chi connectivity index (χ1v) is 22.7. The molecule has 1 saturated carbocycles. The molecule has 2 aromatic rings. The van der Waals surface area contributed by atoms with E-state index in [1.807, 2.05) is 32.2 Å². The number of fused-ring (bicyclic) bond motifs is 3. The summed E-state index contributed by atoms with van der Waals surface area (Å²) < 4.78 is 42.2. The van der Waals surface area contributed by atoms with E-state index in [1.54, 1.807) is 6.07 Å². The molecule has 2 aromatic carbocycles. The molecule has 0 aromatic heterocycles. The second-order valence-electron chi connectivity index (χ2n) is 16.1. The highest BCUT2D eigenvalue weighted by Gasteiger charge is 2.49. The predicted molar refractivity (Wildman–Crippen MR) is 216 cm³/mol. The maximum atomic E-state index is 13.6. The van der Waals surface area contributed by atoms with Gasteiger partial charge in [0.05, 0.1) is 17.5 Å². The number of methoxy groups -OCH3 is 1. The van der Waals surface area contributed by atoms with Gasteiger partial charge >= 0.3 is 0 Å². The molecule has 7 rings (SSSR count). The van der Waals surface area contributed by atoms with Crippen molar-refractivity contribution in [2.75, 3.05) is 75.9 Å². The lowest BCUT2D eigenvalue weighted by molar-refractivity contribution is -0.0980. The molecule has 9 unspecified atom stereocenters. The van der Waals surface area contributed by atoms with Crippen LogP contribution in [0.5, 0.6) is 5.75 Å². The molecule has 2 bridgehead atoms. The lowest BCUT2D eigenvalue weighted by Crippen LogP contribution is -2.62. The van der Waals surface area contributed by atoms with Crippen LogP contribution in [-0.2, 0) is 32.9 Å². The topological polar surface area (TPSA) is 91.4 Å². The van der Waals surface area contributed by atoms with Crippen LogP contribution in [0.25, 0.3) is 0 Å². The van der Waals surface area contributed by atoms with Crippen LogP contribution < -0.4 is 14.4 Å². The number of hydrogen-bond donors (Lipinski definition) is 1. The minimum absolute atomic E-state index is 0.0751. The number of benzene rings is 2. The normalized spacial score (nSPS) is 34.8. The number of aryl methyl sites for hydroxylation is 1. The van der Waals surface area contributed by atoms with Gasteiger partial charge in [0, 0.05) is 97.8 Å². The highest BCUT2D eigenvalue weighted by Crippen LogP contribution is 2.47. The Kier molecular flexibility index (Phi) is 12.4. The van der Waals surface area contributed by atoms with Crippen LogP contribution in [-0.4, -0.2) is 112 Å². The first-order chi connectivity index (χ1) is 25.6. The minimum atomic E-state index is -1.56. The minimum Gasteiger partial charge on any atom is -0.491 e. The Balaban J connectivity index is 1.25. The highest BCUT2D eigenvalue weighted by atomic mass is 35.5. The van der Waals surface area contributed by atoms with Crippen LogP contribution in [0.1, 0.15) is 73.9 Å². The second-order valence-corrected chi connectivity index (χ2v) is 19.7. The predicted octanol–water partition coefficient (Wildman–Crippen LogP) is 5.81. The van der Waals surface area contributed by atoms with Crippen molar-refractivity contribution in [1.82, 2.24) is 14.5 Å². The third-order valence-corrected chi connectivity index (χ3v) is 15.9. The average molecular weight is 786 g/mol. The molecule has 0 radical (unpaired) electrons. The standard InChI is InChI=1S/C41H57ClN4O5S2/c1-5-7-30-20-34(42)11-12-36(30)33-23-46-22-32-9-13-37(32)41(50-4,27-44-16-17-45-18-19-52(48)26-35(45)24-44)15-6-8-28(2)29(3)53(49)43-40(47)31-10-14-39(51-25-33)38(46)21-31/h6,10-12,14-15,20-21,28-29,32-33,35,37H,5,7-9,13,16-19,22-27H2,1-4H3,(H,43,47)/b15-6+. The number of allylic oxidation sites excluding steroid dienone is 1. The summed E-state index contributed by atoms with van der Waals surface area (Å²) in [5.41, 5.74) is 3.38. The number of carbonyl (C=O) groups excluding carboxylic acids is 1. The fraction of sp³-hybridized carbons (Fsp3) is 0.634. The van der Waals surface area contributed by atoms with Crippen LogP contribution in [0.2, 0.25) is 5.02 Å². The van der Waals surface area contributed by atoms with Crippen molar-refractivity contribution >= 4 is 45.0 Å². The quantitative estimate of drug-likeness (QED) is 0.368. The number of carbonyl (C=O) groups is 1. The molecule has 1 amide bonds. The molecule has 1 aliphatic carbocycles. The number of anilines is 1. The zero-order valence-electron chi connectivity index (χ0n) is 31.8. The second kappa shape index (κ2) is 16.8. The van der Waals surface area contributed by atoms with Crippen molar-refractivity contribution < 1.29 is 22.7 Å². The Bertz CT molecular complexity index is 1730. The Morgan fingerprint density at radius 1 is 1.06 bits per heavy atom. The van der Waals surface area contributed by atoms with E-state index in [1.165, 1.54) is 11.1 Å². The monoisotopic (exact) mass is 784 g/mol. The molecule has 1 N–H and O–H groups in total. The molecule has 5 aliphatic rings. The molecular formula is C41H57ClN4O5S2. The van der Waals surface area contributed by atoms with Gasteiger partial charge in [-0.1, -0.05) is 50.1 Å². The number of nitrogens with zero attached hydrogens (tertiary/aromatic N) is 3. The van der Waals surface area contributed by atoms with Crippen LogP contribution >= 0.6 is 11.6 Å². The van der Waals surface area contributed by atoms with E-state index >= 15 is 0 Å². The van der Waals surface area contributed by atoms with Crippen molar-refractivity contribution in [3.05, 3.63) is 70.3 Å². The molecule has 290 valence electrons. The number of halogens is 1. The molecule has 2 saturated heterocycles. The summed E-state index contributed by atoms with van der Waals surface area (Å²) >= 11 is 6.51. The number of amides is 1. The van der Waals surface area contributed by atoms with Gasteiger partial charge in [0.25, 0.3) is 5.91 Å². The van der Waals surface area contributed by atoms with E-state index in [9.17, 15) is 13.2 Å². The first-order valence-electron chi connectivity index (χ1n) is 19.6. The van der Waals surface area contributed by atoms with Gasteiger partial charge < -0.3 is 14.4 Å². The van der Waals surface area contributed by atoms with E-state index in [2.05, 4.69) is 57.6 Å². The van der Waals surface area contributed by atoms with Gasteiger partial charge in [-0.05, 0) is 91.8 Å². The summed E-state index contributed by atoms with van der Waals surface area (Å²) in [4.78, 5) is 21.1. The third-order valence-electron chi connectivity index (χ3n) is 12.8. The van der Waals surface area contributed by atoms with Crippen molar-refractivity contribution in [3.8, 4) is 5.75 Å². The van der Waals surface area contributed by atoms with Crippen molar-refractivity contribution in [1.29, 1.82) is 0 Å². The molecule has 9 nitrogen and oxygen atoms in total. The lowest BCUT2D eigenvalue weighted by atomic mass is 9.63. The van der Waals surface area contributed by atoms with Crippen LogP contribution in [0.4, 0.5) is 5.69 Å². The molecule has 3 fully saturated rings. The maximum Gasteiger partial charge on any atom is 0.263 e.